The predicted molar refractivity (Wildman–Crippen MR) is 126 cm³/mol. The number of halogens is 2. The van der Waals surface area contributed by atoms with Crippen LogP contribution in [0.4, 0.5) is 0 Å². The molecule has 0 N–H and O–H groups in total. The summed E-state index contributed by atoms with van der Waals surface area (Å²) in [4.78, 5) is 27.6. The summed E-state index contributed by atoms with van der Waals surface area (Å²) in [6, 6.07) is 12.1. The van der Waals surface area contributed by atoms with E-state index in [1.165, 1.54) is 14.2 Å². The monoisotopic (exact) mass is 602 g/mol. The van der Waals surface area contributed by atoms with E-state index in [0.29, 0.717) is 0 Å². The highest BCUT2D eigenvalue weighted by atomic mass is 79.9. The number of rotatable bonds is 2. The molecular weight excluding hydrogens is 584 g/mol. The Kier molecular flexibility index (Phi) is 3.99. The molecule has 4 fully saturated rings. The molecule has 0 aliphatic carbocycles. The van der Waals surface area contributed by atoms with Gasteiger partial charge in [0, 0.05) is 32.6 Å². The molecule has 180 valence electrons. The van der Waals surface area contributed by atoms with Gasteiger partial charge in [-0.3, -0.25) is 0 Å². The van der Waals surface area contributed by atoms with Gasteiger partial charge in [0.1, 0.15) is 0 Å². The van der Waals surface area contributed by atoms with Crippen LogP contribution in [0.15, 0.2) is 45.3 Å². The molecule has 9 heteroatoms. The Labute approximate surface area is 217 Å². The predicted octanol–water partition coefficient (Wildman–Crippen LogP) is 4.50. The van der Waals surface area contributed by atoms with Crippen molar-refractivity contribution >= 4 is 43.8 Å². The highest BCUT2D eigenvalue weighted by Crippen LogP contribution is 2.82. The highest BCUT2D eigenvalue weighted by Gasteiger charge is 2.91. The van der Waals surface area contributed by atoms with E-state index in [-0.39, 0.29) is 24.0 Å². The zero-order valence-corrected chi connectivity index (χ0v) is 21.9. The van der Waals surface area contributed by atoms with Crippen LogP contribution in [0.5, 0.6) is 0 Å². The molecule has 6 bridgehead atoms. The molecule has 2 aromatic carbocycles. The van der Waals surface area contributed by atoms with Gasteiger partial charge >= 0.3 is 11.9 Å². The van der Waals surface area contributed by atoms with Crippen LogP contribution < -0.4 is 0 Å². The van der Waals surface area contributed by atoms with Gasteiger partial charge in [0.05, 0.1) is 38.6 Å². The van der Waals surface area contributed by atoms with Gasteiger partial charge < -0.3 is 23.7 Å². The minimum atomic E-state index is -1.39. The van der Waals surface area contributed by atoms with E-state index in [2.05, 4.69) is 31.9 Å². The van der Waals surface area contributed by atoms with Gasteiger partial charge in [-0.25, -0.2) is 9.59 Å². The zero-order chi connectivity index (χ0) is 24.0. The summed E-state index contributed by atoms with van der Waals surface area (Å²) in [5.74, 6) is -2.55. The van der Waals surface area contributed by atoms with Crippen molar-refractivity contribution in [1.82, 2.24) is 0 Å². The Balaban J connectivity index is 1.41. The Hall–Kier alpha value is -1.78. The van der Waals surface area contributed by atoms with Crippen LogP contribution in [0.3, 0.4) is 0 Å². The molecule has 0 unspecified atom stereocenters. The van der Waals surface area contributed by atoms with Crippen LogP contribution in [0.1, 0.15) is 46.7 Å². The van der Waals surface area contributed by atoms with Crippen molar-refractivity contribution in [3.63, 3.8) is 0 Å². The maximum Gasteiger partial charge on any atom is 0.339 e. The number of methoxy groups -OCH3 is 2. The van der Waals surface area contributed by atoms with E-state index in [1.807, 2.05) is 36.4 Å². The maximum absolute atomic E-state index is 13.8. The Morgan fingerprint density at radius 2 is 1.09 bits per heavy atom. The fourth-order valence-electron chi connectivity index (χ4n) is 8.48. The van der Waals surface area contributed by atoms with Crippen molar-refractivity contribution < 1.29 is 33.3 Å². The number of hydrogen-bond donors (Lipinski definition) is 0. The Morgan fingerprint density at radius 1 is 0.714 bits per heavy atom. The molecule has 10 atom stereocenters. The highest BCUT2D eigenvalue weighted by molar-refractivity contribution is 9.13. The summed E-state index contributed by atoms with van der Waals surface area (Å²) >= 11 is 7.21. The molecule has 6 heterocycles. The maximum atomic E-state index is 13.8. The van der Waals surface area contributed by atoms with Gasteiger partial charge in [0.15, 0.2) is 11.2 Å². The number of carbonyl (C=O) groups excluding carboxylic acids is 2. The fraction of sp³-hybridized carbons (Fsp3) is 0.462. The lowest BCUT2D eigenvalue weighted by Crippen LogP contribution is -2.60. The van der Waals surface area contributed by atoms with Crippen molar-refractivity contribution in [2.45, 2.75) is 35.6 Å². The zero-order valence-electron chi connectivity index (χ0n) is 18.7. The van der Waals surface area contributed by atoms with Gasteiger partial charge in [0.2, 0.25) is 0 Å². The third-order valence-electron chi connectivity index (χ3n) is 9.34. The lowest BCUT2D eigenvalue weighted by molar-refractivity contribution is -0.198. The van der Waals surface area contributed by atoms with Gasteiger partial charge in [-0.05, 0) is 66.2 Å². The van der Waals surface area contributed by atoms with Crippen LogP contribution >= 0.6 is 31.9 Å². The molecular formula is C26H20Br2O7. The summed E-state index contributed by atoms with van der Waals surface area (Å²) in [6.07, 6.45) is -1.57. The Morgan fingerprint density at radius 3 is 1.46 bits per heavy atom. The number of ether oxygens (including phenoxy) is 5. The number of benzene rings is 2. The van der Waals surface area contributed by atoms with Gasteiger partial charge in [-0.2, -0.15) is 0 Å². The van der Waals surface area contributed by atoms with E-state index in [1.54, 1.807) is 0 Å². The summed E-state index contributed by atoms with van der Waals surface area (Å²) in [5.41, 5.74) is 1.33. The lowest BCUT2D eigenvalue weighted by Gasteiger charge is -2.46. The summed E-state index contributed by atoms with van der Waals surface area (Å²) in [7, 11) is 2.75. The van der Waals surface area contributed by atoms with Crippen molar-refractivity contribution in [3.05, 3.63) is 67.6 Å². The molecule has 8 rings (SSSR count). The van der Waals surface area contributed by atoms with E-state index in [9.17, 15) is 9.59 Å². The van der Waals surface area contributed by atoms with Crippen LogP contribution in [0.2, 0.25) is 0 Å². The summed E-state index contributed by atoms with van der Waals surface area (Å²) < 4.78 is 32.6. The molecule has 6 aliphatic heterocycles. The van der Waals surface area contributed by atoms with Crippen molar-refractivity contribution in [2.24, 2.45) is 23.7 Å². The minimum Gasteiger partial charge on any atom is -0.467 e. The average Bonchev–Trinajstić information content (AvgIpc) is 3.68. The normalized spacial score (nSPS) is 44.1. The first-order valence-electron chi connectivity index (χ1n) is 11.7. The second-order valence-electron chi connectivity index (χ2n) is 10.3. The molecule has 0 radical (unpaired) electrons. The molecule has 0 saturated carbocycles. The molecule has 35 heavy (non-hydrogen) atoms. The molecule has 0 spiro atoms. The number of hydrogen-bond acceptors (Lipinski definition) is 7. The van der Waals surface area contributed by atoms with Crippen molar-refractivity contribution in [3.8, 4) is 0 Å². The second kappa shape index (κ2) is 6.55. The Bertz CT molecular complexity index is 1260. The number of esters is 2. The number of carbonyl (C=O) groups is 2. The van der Waals surface area contributed by atoms with E-state index >= 15 is 0 Å². The molecule has 2 aromatic rings. The van der Waals surface area contributed by atoms with Gasteiger partial charge in [0.25, 0.3) is 0 Å². The topological polar surface area (TPSA) is 80.3 Å². The first-order valence-corrected chi connectivity index (χ1v) is 13.2. The second-order valence-corrected chi connectivity index (χ2v) is 12.0. The molecule has 0 amide bonds. The molecule has 0 aromatic heterocycles. The van der Waals surface area contributed by atoms with Gasteiger partial charge in [-0.1, -0.05) is 24.3 Å². The molecule has 4 saturated heterocycles. The minimum absolute atomic E-state index is 0.372. The first-order chi connectivity index (χ1) is 16.9. The van der Waals surface area contributed by atoms with Crippen molar-refractivity contribution in [2.75, 3.05) is 14.2 Å². The summed E-state index contributed by atoms with van der Waals surface area (Å²) in [6.45, 7) is 0. The third kappa shape index (κ3) is 2.07. The molecule has 7 nitrogen and oxygen atoms in total. The van der Waals surface area contributed by atoms with E-state index in [4.69, 9.17) is 23.7 Å². The largest absolute Gasteiger partial charge is 0.467 e. The average molecular weight is 604 g/mol. The van der Waals surface area contributed by atoms with Crippen LogP contribution in [-0.4, -0.2) is 37.4 Å². The van der Waals surface area contributed by atoms with Gasteiger partial charge in [-0.15, -0.1) is 0 Å². The summed E-state index contributed by atoms with van der Waals surface area (Å²) in [5, 5.41) is 0. The quantitative estimate of drug-likeness (QED) is 0.468. The number of fused-ring (bicyclic) bond motifs is 22. The van der Waals surface area contributed by atoms with Crippen LogP contribution in [0, 0.1) is 23.7 Å². The first kappa shape index (κ1) is 21.3. The smallest absolute Gasteiger partial charge is 0.339 e. The third-order valence-corrected chi connectivity index (χ3v) is 11.2. The standard InChI is InChI=1S/C26H20Br2O7/c1-31-23(29)25-15-16(20-10-6-4-3-5-9(10)19(15)33-20)26(35-25,24(30)32-2)18-17(25)21-11-7-13(27)14(28)8-12(11)22(18)34-21/h3-8,15-22H,1-2H3/t15-,16+,17-,18+,19+,20-,21+,22-,25+,26-. The SMILES string of the molecule is COC(=O)[C@]12O[C@](C(=O)OC)([C@H]3[C@@H]1[C@H]1O[C@@H]3c3ccccc31)[C@H]1[C@@H]2[C@H]2O[C@@H]1c1cc(Br)c(Br)cc12. The molecule has 6 aliphatic rings. The lowest BCUT2D eigenvalue weighted by atomic mass is 9.49. The van der Waals surface area contributed by atoms with Crippen molar-refractivity contribution in [1.29, 1.82) is 0 Å². The van der Waals surface area contributed by atoms with Crippen LogP contribution in [0.25, 0.3) is 0 Å². The van der Waals surface area contributed by atoms with Crippen LogP contribution in [-0.2, 0) is 33.3 Å². The van der Waals surface area contributed by atoms with E-state index in [0.717, 1.165) is 31.2 Å². The fourth-order valence-corrected chi connectivity index (χ4v) is 9.21. The van der Waals surface area contributed by atoms with E-state index < -0.39 is 47.2 Å².